The van der Waals surface area contributed by atoms with Gasteiger partial charge >= 0.3 is 0 Å². The summed E-state index contributed by atoms with van der Waals surface area (Å²) >= 11 is 0. The summed E-state index contributed by atoms with van der Waals surface area (Å²) in [4.78, 5) is 4.39. The molecule has 0 amide bonds. The van der Waals surface area contributed by atoms with Gasteiger partial charge in [-0.3, -0.25) is 4.90 Å². The van der Waals surface area contributed by atoms with E-state index < -0.39 is 11.6 Å². The molecule has 1 radical (unpaired) electrons. The summed E-state index contributed by atoms with van der Waals surface area (Å²) in [5.41, 5.74) is 2.13. The topological polar surface area (TPSA) is 6.48 Å². The van der Waals surface area contributed by atoms with Crippen LogP contribution in [0.3, 0.4) is 0 Å². The van der Waals surface area contributed by atoms with E-state index in [4.69, 9.17) is 0 Å². The van der Waals surface area contributed by atoms with Crippen LogP contribution in [0.5, 0.6) is 0 Å². The number of likely N-dealkylation sites (N-methyl/N-ethyl adjacent to an activating group) is 1. The molecule has 0 aromatic heterocycles. The van der Waals surface area contributed by atoms with Crippen LogP contribution in [0.1, 0.15) is 17.5 Å². The van der Waals surface area contributed by atoms with Gasteiger partial charge < -0.3 is 4.90 Å². The minimum Gasteiger partial charge on any atom is -0.308 e. The zero-order valence-electron chi connectivity index (χ0n) is 15.1. The first-order valence-corrected chi connectivity index (χ1v) is 8.71. The molecule has 2 aromatic rings. The maximum absolute atomic E-state index is 13.4. The van der Waals surface area contributed by atoms with Gasteiger partial charge in [0.15, 0.2) is 11.6 Å². The van der Waals surface area contributed by atoms with Crippen molar-refractivity contribution >= 4 is 0 Å². The highest BCUT2D eigenvalue weighted by atomic mass is 19.2. The summed E-state index contributed by atoms with van der Waals surface area (Å²) in [6.45, 7) is 3.26. The molecular weight excluding hydrogens is 318 g/mol. The van der Waals surface area contributed by atoms with Gasteiger partial charge in [0.2, 0.25) is 0 Å². The molecule has 0 aliphatic carbocycles. The number of aryl methyl sites for hydroxylation is 1. The zero-order chi connectivity index (χ0) is 18.1. The van der Waals surface area contributed by atoms with Crippen molar-refractivity contribution < 1.29 is 8.78 Å². The molecule has 135 valence electrons. The van der Waals surface area contributed by atoms with Crippen molar-refractivity contribution in [1.82, 2.24) is 9.80 Å². The molecule has 0 saturated heterocycles. The number of benzene rings is 2. The quantitative estimate of drug-likeness (QED) is 0.597. The lowest BCUT2D eigenvalue weighted by Gasteiger charge is -2.24. The molecule has 0 heterocycles. The van der Waals surface area contributed by atoms with E-state index in [9.17, 15) is 8.78 Å². The van der Waals surface area contributed by atoms with E-state index >= 15 is 0 Å². The third-order valence-corrected chi connectivity index (χ3v) is 4.12. The SMILES string of the molecule is CN(C)CCN(C[CH]CCc1ccccc1)Cc1ccc(F)c(F)c1. The Morgan fingerprint density at radius 3 is 2.32 bits per heavy atom. The van der Waals surface area contributed by atoms with E-state index in [1.165, 1.54) is 17.7 Å². The van der Waals surface area contributed by atoms with Crippen LogP contribution in [0.25, 0.3) is 0 Å². The van der Waals surface area contributed by atoms with Gasteiger partial charge in [-0.05, 0) is 56.6 Å². The van der Waals surface area contributed by atoms with Gasteiger partial charge in [0.25, 0.3) is 0 Å². The highest BCUT2D eigenvalue weighted by Crippen LogP contribution is 2.12. The van der Waals surface area contributed by atoms with Gasteiger partial charge in [-0.25, -0.2) is 8.78 Å². The molecule has 2 nitrogen and oxygen atoms in total. The Kier molecular flexibility index (Phi) is 8.02. The summed E-state index contributed by atoms with van der Waals surface area (Å²) < 4.78 is 26.5. The first-order valence-electron chi connectivity index (χ1n) is 8.71. The molecule has 0 N–H and O–H groups in total. The van der Waals surface area contributed by atoms with Crippen molar-refractivity contribution in [3.05, 3.63) is 77.7 Å². The van der Waals surface area contributed by atoms with Crippen molar-refractivity contribution in [1.29, 1.82) is 0 Å². The normalized spacial score (nSPS) is 11.4. The molecule has 0 saturated carbocycles. The van der Waals surface area contributed by atoms with Crippen LogP contribution < -0.4 is 0 Å². The van der Waals surface area contributed by atoms with E-state index in [-0.39, 0.29) is 0 Å². The van der Waals surface area contributed by atoms with Crippen molar-refractivity contribution in [3.8, 4) is 0 Å². The second kappa shape index (κ2) is 10.3. The fraction of sp³-hybridized carbons (Fsp3) is 0.381. The summed E-state index contributed by atoms with van der Waals surface area (Å²) in [5, 5.41) is 0. The Morgan fingerprint density at radius 2 is 1.64 bits per heavy atom. The van der Waals surface area contributed by atoms with Crippen LogP contribution in [0.2, 0.25) is 0 Å². The van der Waals surface area contributed by atoms with Gasteiger partial charge in [-0.1, -0.05) is 36.4 Å². The lowest BCUT2D eigenvalue weighted by molar-refractivity contribution is 0.246. The second-order valence-corrected chi connectivity index (χ2v) is 6.60. The third kappa shape index (κ3) is 7.32. The minimum atomic E-state index is -0.794. The smallest absolute Gasteiger partial charge is 0.159 e. The minimum absolute atomic E-state index is 0.618. The van der Waals surface area contributed by atoms with Crippen LogP contribution in [0.4, 0.5) is 8.78 Å². The van der Waals surface area contributed by atoms with Gasteiger partial charge in [0, 0.05) is 26.2 Å². The fourth-order valence-electron chi connectivity index (χ4n) is 2.66. The Bertz CT molecular complexity index is 629. The number of rotatable bonds is 10. The molecule has 0 atom stereocenters. The van der Waals surface area contributed by atoms with E-state index in [2.05, 4.69) is 40.5 Å². The Balaban J connectivity index is 1.85. The van der Waals surface area contributed by atoms with Crippen LogP contribution in [-0.4, -0.2) is 43.5 Å². The van der Waals surface area contributed by atoms with Gasteiger partial charge in [-0.2, -0.15) is 0 Å². The van der Waals surface area contributed by atoms with Crippen LogP contribution in [0, 0.1) is 18.1 Å². The van der Waals surface area contributed by atoms with Gasteiger partial charge in [-0.15, -0.1) is 0 Å². The molecule has 0 bridgehead atoms. The second-order valence-electron chi connectivity index (χ2n) is 6.60. The molecule has 0 unspecified atom stereocenters. The molecular formula is C21H27F2N2. The average molecular weight is 345 g/mol. The van der Waals surface area contributed by atoms with Gasteiger partial charge in [0.05, 0.1) is 0 Å². The molecule has 0 aliphatic rings. The largest absolute Gasteiger partial charge is 0.308 e. The summed E-state index contributed by atoms with van der Waals surface area (Å²) in [6, 6.07) is 14.6. The molecule has 0 aliphatic heterocycles. The van der Waals surface area contributed by atoms with E-state index in [0.29, 0.717) is 6.54 Å². The molecule has 0 fully saturated rings. The first-order chi connectivity index (χ1) is 12.0. The van der Waals surface area contributed by atoms with Crippen molar-refractivity contribution in [3.63, 3.8) is 0 Å². The highest BCUT2D eigenvalue weighted by molar-refractivity contribution is 5.18. The molecule has 0 spiro atoms. The summed E-state index contributed by atoms with van der Waals surface area (Å²) in [5.74, 6) is -1.57. The van der Waals surface area contributed by atoms with Crippen molar-refractivity contribution in [2.45, 2.75) is 19.4 Å². The number of hydrogen-bond donors (Lipinski definition) is 0. The monoisotopic (exact) mass is 345 g/mol. The average Bonchev–Trinajstić information content (AvgIpc) is 2.60. The molecule has 4 heteroatoms. The van der Waals surface area contributed by atoms with Gasteiger partial charge in [0.1, 0.15) is 0 Å². The summed E-state index contributed by atoms with van der Waals surface area (Å²) in [7, 11) is 4.07. The third-order valence-electron chi connectivity index (χ3n) is 4.12. The fourth-order valence-corrected chi connectivity index (χ4v) is 2.66. The van der Waals surface area contributed by atoms with Crippen molar-refractivity contribution in [2.75, 3.05) is 33.7 Å². The number of unbranched alkanes of at least 4 members (excludes halogenated alkanes) is 1. The Labute approximate surface area is 150 Å². The Hall–Kier alpha value is -1.78. The van der Waals surface area contributed by atoms with E-state index in [1.54, 1.807) is 6.07 Å². The molecule has 2 rings (SSSR count). The predicted octanol–water partition coefficient (Wildman–Crippen LogP) is 4.17. The lowest BCUT2D eigenvalue weighted by Crippen LogP contribution is -2.32. The number of nitrogens with zero attached hydrogens (tertiary/aromatic N) is 2. The van der Waals surface area contributed by atoms with Crippen LogP contribution >= 0.6 is 0 Å². The number of halogens is 2. The molecule has 2 aromatic carbocycles. The zero-order valence-corrected chi connectivity index (χ0v) is 15.1. The number of hydrogen-bond acceptors (Lipinski definition) is 2. The molecule has 25 heavy (non-hydrogen) atoms. The Morgan fingerprint density at radius 1 is 0.880 bits per heavy atom. The first kappa shape index (κ1) is 19.5. The van der Waals surface area contributed by atoms with Crippen LogP contribution in [0.15, 0.2) is 48.5 Å². The predicted molar refractivity (Wildman–Crippen MR) is 99.3 cm³/mol. The maximum atomic E-state index is 13.4. The highest BCUT2D eigenvalue weighted by Gasteiger charge is 2.09. The standard InChI is InChI=1S/C21H27F2N2/c1-24(2)14-15-25(17-19-11-12-20(22)21(23)16-19)13-7-6-10-18-8-4-3-5-9-18/h3-5,7-9,11-12,16H,6,10,13-15,17H2,1-2H3. The maximum Gasteiger partial charge on any atom is 0.159 e. The summed E-state index contributed by atoms with van der Waals surface area (Å²) in [6.07, 6.45) is 4.29. The van der Waals surface area contributed by atoms with E-state index in [1.807, 2.05) is 20.2 Å². The van der Waals surface area contributed by atoms with Crippen LogP contribution in [-0.2, 0) is 13.0 Å². The van der Waals surface area contributed by atoms with E-state index in [0.717, 1.165) is 38.0 Å². The lowest BCUT2D eigenvalue weighted by atomic mass is 10.1. The van der Waals surface area contributed by atoms with Crippen molar-refractivity contribution in [2.24, 2.45) is 0 Å².